The minimum atomic E-state index is -0.173. The van der Waals surface area contributed by atoms with Crippen molar-refractivity contribution in [1.29, 1.82) is 0 Å². The SMILES string of the molecule is CCn1ccnc1CC(O)C1CC1. The molecular weight excluding hydrogens is 164 g/mol. The first-order valence-electron chi connectivity index (χ1n) is 4.99. The second kappa shape index (κ2) is 3.50. The van der Waals surface area contributed by atoms with E-state index in [9.17, 15) is 5.11 Å². The summed E-state index contributed by atoms with van der Waals surface area (Å²) in [6.45, 7) is 3.03. The van der Waals surface area contributed by atoms with Gasteiger partial charge in [0.05, 0.1) is 6.10 Å². The lowest BCUT2D eigenvalue weighted by molar-refractivity contribution is 0.148. The van der Waals surface area contributed by atoms with Gasteiger partial charge in [0.2, 0.25) is 0 Å². The molecular formula is C10H16N2O. The highest BCUT2D eigenvalue weighted by Crippen LogP contribution is 2.33. The fourth-order valence-electron chi connectivity index (χ4n) is 1.65. The number of hydrogen-bond donors (Lipinski definition) is 1. The summed E-state index contributed by atoms with van der Waals surface area (Å²) >= 11 is 0. The van der Waals surface area contributed by atoms with Gasteiger partial charge in [0.25, 0.3) is 0 Å². The third-order valence-corrected chi connectivity index (χ3v) is 2.70. The molecule has 0 aromatic carbocycles. The van der Waals surface area contributed by atoms with E-state index in [1.54, 1.807) is 6.20 Å². The van der Waals surface area contributed by atoms with Crippen molar-refractivity contribution in [1.82, 2.24) is 9.55 Å². The number of imidazole rings is 1. The first kappa shape index (κ1) is 8.75. The Bertz CT molecular complexity index is 278. The van der Waals surface area contributed by atoms with Crippen molar-refractivity contribution in [3.8, 4) is 0 Å². The molecule has 1 heterocycles. The summed E-state index contributed by atoms with van der Waals surface area (Å²) in [6.07, 6.45) is 6.69. The van der Waals surface area contributed by atoms with Gasteiger partial charge < -0.3 is 9.67 Å². The van der Waals surface area contributed by atoms with E-state index in [2.05, 4.69) is 16.5 Å². The summed E-state index contributed by atoms with van der Waals surface area (Å²) in [7, 11) is 0. The van der Waals surface area contributed by atoms with Gasteiger partial charge in [0, 0.05) is 25.4 Å². The number of aliphatic hydroxyl groups is 1. The molecule has 0 bridgehead atoms. The van der Waals surface area contributed by atoms with Crippen LogP contribution in [0.5, 0.6) is 0 Å². The summed E-state index contributed by atoms with van der Waals surface area (Å²) < 4.78 is 2.09. The summed E-state index contributed by atoms with van der Waals surface area (Å²) in [5, 5.41) is 9.73. The number of rotatable bonds is 4. The molecule has 2 rings (SSSR count). The van der Waals surface area contributed by atoms with Crippen LogP contribution in [0.25, 0.3) is 0 Å². The predicted molar refractivity (Wildman–Crippen MR) is 50.3 cm³/mol. The van der Waals surface area contributed by atoms with Crippen molar-refractivity contribution in [2.45, 2.75) is 38.8 Å². The van der Waals surface area contributed by atoms with E-state index < -0.39 is 0 Å². The number of aromatic nitrogens is 2. The van der Waals surface area contributed by atoms with E-state index in [1.165, 1.54) is 12.8 Å². The Balaban J connectivity index is 1.99. The van der Waals surface area contributed by atoms with Crippen molar-refractivity contribution in [2.75, 3.05) is 0 Å². The van der Waals surface area contributed by atoms with Gasteiger partial charge in [-0.3, -0.25) is 0 Å². The largest absolute Gasteiger partial charge is 0.392 e. The highest BCUT2D eigenvalue weighted by atomic mass is 16.3. The molecule has 1 aromatic heterocycles. The lowest BCUT2D eigenvalue weighted by Gasteiger charge is -2.09. The quantitative estimate of drug-likeness (QED) is 0.756. The molecule has 0 aliphatic heterocycles. The van der Waals surface area contributed by atoms with Gasteiger partial charge in [-0.2, -0.15) is 0 Å². The van der Waals surface area contributed by atoms with Crippen molar-refractivity contribution < 1.29 is 5.11 Å². The zero-order valence-electron chi connectivity index (χ0n) is 7.98. The summed E-state index contributed by atoms with van der Waals surface area (Å²) in [6, 6.07) is 0. The molecule has 0 spiro atoms. The van der Waals surface area contributed by atoms with Crippen LogP contribution in [0.3, 0.4) is 0 Å². The molecule has 3 nitrogen and oxygen atoms in total. The number of nitrogens with zero attached hydrogens (tertiary/aromatic N) is 2. The molecule has 13 heavy (non-hydrogen) atoms. The molecule has 0 saturated heterocycles. The second-order valence-corrected chi connectivity index (χ2v) is 3.74. The van der Waals surface area contributed by atoms with E-state index >= 15 is 0 Å². The highest BCUT2D eigenvalue weighted by molar-refractivity contribution is 4.96. The van der Waals surface area contributed by atoms with Gasteiger partial charge in [-0.1, -0.05) is 0 Å². The molecule has 1 atom stereocenters. The van der Waals surface area contributed by atoms with E-state index in [0.29, 0.717) is 12.3 Å². The van der Waals surface area contributed by atoms with E-state index in [1.807, 2.05) is 6.20 Å². The van der Waals surface area contributed by atoms with Crippen molar-refractivity contribution >= 4 is 0 Å². The van der Waals surface area contributed by atoms with E-state index in [0.717, 1.165) is 12.4 Å². The maximum Gasteiger partial charge on any atom is 0.111 e. The van der Waals surface area contributed by atoms with Gasteiger partial charge in [-0.15, -0.1) is 0 Å². The molecule has 72 valence electrons. The van der Waals surface area contributed by atoms with Crippen LogP contribution in [0.1, 0.15) is 25.6 Å². The molecule has 1 unspecified atom stereocenters. The average Bonchev–Trinajstić information content (AvgIpc) is 2.88. The maximum absolute atomic E-state index is 9.73. The Hall–Kier alpha value is -0.830. The predicted octanol–water partition coefficient (Wildman–Crippen LogP) is 1.22. The Labute approximate surface area is 78.4 Å². The van der Waals surface area contributed by atoms with Crippen LogP contribution in [0, 0.1) is 5.92 Å². The molecule has 1 fully saturated rings. The van der Waals surface area contributed by atoms with Crippen LogP contribution in [-0.4, -0.2) is 20.8 Å². The van der Waals surface area contributed by atoms with Gasteiger partial charge in [-0.25, -0.2) is 4.98 Å². The Morgan fingerprint density at radius 2 is 2.46 bits per heavy atom. The maximum atomic E-state index is 9.73. The zero-order valence-corrected chi connectivity index (χ0v) is 7.98. The summed E-state index contributed by atoms with van der Waals surface area (Å²) in [4.78, 5) is 4.24. The first-order chi connectivity index (χ1) is 6.31. The number of hydrogen-bond acceptors (Lipinski definition) is 2. The summed E-state index contributed by atoms with van der Waals surface area (Å²) in [5.74, 6) is 1.56. The molecule has 1 saturated carbocycles. The molecule has 1 aromatic rings. The average molecular weight is 180 g/mol. The monoisotopic (exact) mass is 180 g/mol. The van der Waals surface area contributed by atoms with Gasteiger partial charge in [0.1, 0.15) is 5.82 Å². The number of aliphatic hydroxyl groups excluding tert-OH is 1. The Morgan fingerprint density at radius 3 is 3.08 bits per heavy atom. The van der Waals surface area contributed by atoms with Crippen LogP contribution in [0.4, 0.5) is 0 Å². The third kappa shape index (κ3) is 1.91. The summed E-state index contributed by atoms with van der Waals surface area (Å²) in [5.41, 5.74) is 0. The van der Waals surface area contributed by atoms with Crippen LogP contribution in [0.15, 0.2) is 12.4 Å². The number of aryl methyl sites for hydroxylation is 1. The fourth-order valence-corrected chi connectivity index (χ4v) is 1.65. The van der Waals surface area contributed by atoms with Gasteiger partial charge in [0.15, 0.2) is 0 Å². The topological polar surface area (TPSA) is 38.0 Å². The molecule has 3 heteroatoms. The second-order valence-electron chi connectivity index (χ2n) is 3.74. The molecule has 1 aliphatic carbocycles. The lowest BCUT2D eigenvalue weighted by Crippen LogP contribution is -2.16. The Morgan fingerprint density at radius 1 is 1.69 bits per heavy atom. The van der Waals surface area contributed by atoms with Crippen LogP contribution >= 0.6 is 0 Å². The minimum Gasteiger partial charge on any atom is -0.392 e. The van der Waals surface area contributed by atoms with E-state index in [-0.39, 0.29) is 6.10 Å². The Kier molecular flexibility index (Phi) is 2.36. The van der Waals surface area contributed by atoms with Crippen molar-refractivity contribution in [3.05, 3.63) is 18.2 Å². The fraction of sp³-hybridized carbons (Fsp3) is 0.700. The normalized spacial score (nSPS) is 18.9. The smallest absolute Gasteiger partial charge is 0.111 e. The molecule has 1 aliphatic rings. The van der Waals surface area contributed by atoms with Gasteiger partial charge >= 0.3 is 0 Å². The molecule has 0 amide bonds. The van der Waals surface area contributed by atoms with Crippen LogP contribution in [0.2, 0.25) is 0 Å². The van der Waals surface area contributed by atoms with Crippen molar-refractivity contribution in [2.24, 2.45) is 5.92 Å². The molecule has 1 N–H and O–H groups in total. The molecule has 0 radical (unpaired) electrons. The van der Waals surface area contributed by atoms with Crippen molar-refractivity contribution in [3.63, 3.8) is 0 Å². The highest BCUT2D eigenvalue weighted by Gasteiger charge is 2.30. The standard InChI is InChI=1S/C10H16N2O/c1-2-12-6-5-11-10(12)7-9(13)8-3-4-8/h5-6,8-9,13H,2-4,7H2,1H3. The minimum absolute atomic E-state index is 0.173. The lowest BCUT2D eigenvalue weighted by atomic mass is 10.1. The third-order valence-electron chi connectivity index (χ3n) is 2.70. The first-order valence-corrected chi connectivity index (χ1v) is 4.99. The van der Waals surface area contributed by atoms with Crippen LogP contribution in [-0.2, 0) is 13.0 Å². The zero-order chi connectivity index (χ0) is 9.26. The van der Waals surface area contributed by atoms with Crippen LogP contribution < -0.4 is 0 Å². The van der Waals surface area contributed by atoms with Gasteiger partial charge in [-0.05, 0) is 25.7 Å². The van der Waals surface area contributed by atoms with E-state index in [4.69, 9.17) is 0 Å².